The molecule has 116 valence electrons. The first-order chi connectivity index (χ1) is 11.1. The minimum absolute atomic E-state index is 0.107. The van der Waals surface area contributed by atoms with Crippen LogP contribution in [0.3, 0.4) is 0 Å². The zero-order valence-electron chi connectivity index (χ0n) is 11.8. The van der Waals surface area contributed by atoms with E-state index in [2.05, 4.69) is 5.10 Å². The molecule has 1 aliphatic rings. The van der Waals surface area contributed by atoms with Crippen LogP contribution in [-0.4, -0.2) is 27.2 Å². The van der Waals surface area contributed by atoms with Gasteiger partial charge in [0.1, 0.15) is 11.5 Å². The third-order valence-electron chi connectivity index (χ3n) is 2.96. The monoisotopic (exact) mass is 362 g/mol. The maximum Gasteiger partial charge on any atom is 0.259 e. The van der Waals surface area contributed by atoms with Gasteiger partial charge in [0.05, 0.1) is 12.0 Å². The zero-order valence-corrected chi connectivity index (χ0v) is 14.2. The number of carbonyl (C=O) groups is 1. The van der Waals surface area contributed by atoms with Crippen LogP contribution in [0.5, 0.6) is 11.5 Å². The van der Waals surface area contributed by atoms with Crippen LogP contribution in [0.25, 0.3) is 0 Å². The summed E-state index contributed by atoms with van der Waals surface area (Å²) in [4.78, 5) is 11.6. The van der Waals surface area contributed by atoms with Crippen molar-refractivity contribution in [1.29, 1.82) is 0 Å². The van der Waals surface area contributed by atoms with Crippen LogP contribution in [0, 0.1) is 0 Å². The Bertz CT molecular complexity index is 762. The molecule has 0 bridgehead atoms. The van der Waals surface area contributed by atoms with Gasteiger partial charge in [-0.1, -0.05) is 47.7 Å². The summed E-state index contributed by atoms with van der Waals surface area (Å²) in [5.74, 6) is 1.59. The highest BCUT2D eigenvalue weighted by Gasteiger charge is 2.25. The Kier molecular flexibility index (Phi) is 4.95. The van der Waals surface area contributed by atoms with E-state index in [4.69, 9.17) is 28.6 Å². The van der Waals surface area contributed by atoms with Crippen molar-refractivity contribution < 1.29 is 9.53 Å². The topological polar surface area (TPSA) is 41.9 Å². The third-order valence-corrected chi connectivity index (χ3v) is 4.55. The molecule has 2 aromatic carbocycles. The molecular formula is C16H11ClN2O2S2. The van der Waals surface area contributed by atoms with Gasteiger partial charge in [0.15, 0.2) is 4.32 Å². The molecule has 0 radical (unpaired) electrons. The van der Waals surface area contributed by atoms with Gasteiger partial charge in [0, 0.05) is 5.02 Å². The van der Waals surface area contributed by atoms with Crippen LogP contribution in [0.15, 0.2) is 53.6 Å². The maximum absolute atomic E-state index is 11.6. The van der Waals surface area contributed by atoms with Crippen LogP contribution in [0.1, 0.15) is 5.56 Å². The predicted molar refractivity (Wildman–Crippen MR) is 97.5 cm³/mol. The van der Waals surface area contributed by atoms with E-state index in [9.17, 15) is 4.79 Å². The molecule has 0 aliphatic carbocycles. The summed E-state index contributed by atoms with van der Waals surface area (Å²) in [6.07, 6.45) is 1.59. The summed E-state index contributed by atoms with van der Waals surface area (Å²) < 4.78 is 6.23. The number of amides is 1. The number of hydrazone groups is 1. The number of carbonyl (C=O) groups excluding carboxylic acids is 1. The van der Waals surface area contributed by atoms with E-state index in [1.807, 2.05) is 24.3 Å². The molecule has 1 fully saturated rings. The lowest BCUT2D eigenvalue weighted by Crippen LogP contribution is -2.22. The van der Waals surface area contributed by atoms with Crippen LogP contribution in [0.4, 0.5) is 0 Å². The lowest BCUT2D eigenvalue weighted by Gasteiger charge is -2.08. The fourth-order valence-electron chi connectivity index (χ4n) is 1.88. The van der Waals surface area contributed by atoms with Crippen molar-refractivity contribution in [3.8, 4) is 11.5 Å². The Morgan fingerprint density at radius 1 is 1.22 bits per heavy atom. The molecule has 0 spiro atoms. The summed E-state index contributed by atoms with van der Waals surface area (Å²) >= 11 is 12.2. The number of hydrogen-bond donors (Lipinski definition) is 0. The lowest BCUT2D eigenvalue weighted by molar-refractivity contribution is -0.123. The van der Waals surface area contributed by atoms with Gasteiger partial charge >= 0.3 is 0 Å². The molecule has 4 nitrogen and oxygen atoms in total. The van der Waals surface area contributed by atoms with E-state index in [0.717, 1.165) is 5.56 Å². The molecule has 3 rings (SSSR count). The molecule has 23 heavy (non-hydrogen) atoms. The minimum atomic E-state index is -0.107. The van der Waals surface area contributed by atoms with E-state index in [1.54, 1.807) is 30.5 Å². The van der Waals surface area contributed by atoms with Crippen molar-refractivity contribution >= 4 is 52.0 Å². The second-order valence-electron chi connectivity index (χ2n) is 4.63. The molecule has 0 aromatic heterocycles. The number of rotatable bonds is 4. The van der Waals surface area contributed by atoms with Gasteiger partial charge in [-0.3, -0.25) is 4.79 Å². The third kappa shape index (κ3) is 4.10. The second kappa shape index (κ2) is 7.12. The molecule has 0 saturated carbocycles. The number of ether oxygens (including phenoxy) is 1. The predicted octanol–water partition coefficient (Wildman–Crippen LogP) is 4.33. The quantitative estimate of drug-likeness (QED) is 0.599. The van der Waals surface area contributed by atoms with E-state index >= 15 is 0 Å². The summed E-state index contributed by atoms with van der Waals surface area (Å²) in [6, 6.07) is 14.5. The fourth-order valence-corrected chi connectivity index (χ4v) is 2.97. The molecule has 1 amide bonds. The standard InChI is InChI=1S/C16H11ClN2O2S2/c17-12-4-6-13(7-5-12)21-14-3-1-2-11(8-14)9-18-19-15(20)10-23-16(19)22/h1-9H,10H2/b18-9+. The van der Waals surface area contributed by atoms with Gasteiger partial charge in [-0.2, -0.15) is 10.1 Å². The summed E-state index contributed by atoms with van der Waals surface area (Å²) in [5.41, 5.74) is 0.809. The van der Waals surface area contributed by atoms with Crippen molar-refractivity contribution in [3.05, 3.63) is 59.1 Å². The van der Waals surface area contributed by atoms with Crippen molar-refractivity contribution in [3.63, 3.8) is 0 Å². The highest BCUT2D eigenvalue weighted by molar-refractivity contribution is 8.23. The summed E-state index contributed by atoms with van der Waals surface area (Å²) in [6.45, 7) is 0. The van der Waals surface area contributed by atoms with Gasteiger partial charge in [0.2, 0.25) is 0 Å². The molecule has 0 N–H and O–H groups in total. The molecule has 1 aliphatic heterocycles. The Hall–Kier alpha value is -1.89. The SMILES string of the molecule is O=C1CSC(=S)N1/N=C/c1cccc(Oc2ccc(Cl)cc2)c1. The normalized spacial score (nSPS) is 14.7. The second-order valence-corrected chi connectivity index (χ2v) is 6.68. The zero-order chi connectivity index (χ0) is 16.2. The van der Waals surface area contributed by atoms with Gasteiger partial charge in [-0.25, -0.2) is 0 Å². The number of benzene rings is 2. The van der Waals surface area contributed by atoms with Crippen LogP contribution in [-0.2, 0) is 4.79 Å². The van der Waals surface area contributed by atoms with Crippen LogP contribution < -0.4 is 4.74 Å². The number of nitrogens with zero attached hydrogens (tertiary/aromatic N) is 2. The molecule has 0 unspecified atom stereocenters. The number of hydrogen-bond acceptors (Lipinski definition) is 5. The van der Waals surface area contributed by atoms with Crippen molar-refractivity contribution in [2.45, 2.75) is 0 Å². The summed E-state index contributed by atoms with van der Waals surface area (Å²) in [7, 11) is 0. The smallest absolute Gasteiger partial charge is 0.259 e. The van der Waals surface area contributed by atoms with E-state index < -0.39 is 0 Å². The van der Waals surface area contributed by atoms with E-state index in [0.29, 0.717) is 26.6 Å². The molecule has 7 heteroatoms. The molecule has 0 atom stereocenters. The maximum atomic E-state index is 11.6. The molecule has 1 heterocycles. The van der Waals surface area contributed by atoms with Crippen molar-refractivity contribution in [2.24, 2.45) is 5.10 Å². The number of thioether (sulfide) groups is 1. The van der Waals surface area contributed by atoms with E-state index in [1.165, 1.54) is 16.8 Å². The molecule has 1 saturated heterocycles. The average molecular weight is 363 g/mol. The Balaban J connectivity index is 1.73. The first kappa shape index (κ1) is 16.0. The fraction of sp³-hybridized carbons (Fsp3) is 0.0625. The van der Waals surface area contributed by atoms with E-state index in [-0.39, 0.29) is 5.91 Å². The number of halogens is 1. The highest BCUT2D eigenvalue weighted by atomic mass is 35.5. The van der Waals surface area contributed by atoms with Gasteiger partial charge in [0.25, 0.3) is 5.91 Å². The first-order valence-electron chi connectivity index (χ1n) is 6.69. The first-order valence-corrected chi connectivity index (χ1v) is 8.46. The Labute approximate surface area is 148 Å². The van der Waals surface area contributed by atoms with Crippen molar-refractivity contribution in [2.75, 3.05) is 5.75 Å². The highest BCUT2D eigenvalue weighted by Crippen LogP contribution is 2.24. The summed E-state index contributed by atoms with van der Waals surface area (Å²) in [5, 5.41) is 6.04. The van der Waals surface area contributed by atoms with Crippen molar-refractivity contribution in [1.82, 2.24) is 5.01 Å². The van der Waals surface area contributed by atoms with Crippen LogP contribution in [0.2, 0.25) is 5.02 Å². The largest absolute Gasteiger partial charge is 0.457 e. The Morgan fingerprint density at radius 3 is 2.70 bits per heavy atom. The van der Waals surface area contributed by atoms with Gasteiger partial charge < -0.3 is 4.74 Å². The molecule has 2 aromatic rings. The lowest BCUT2D eigenvalue weighted by atomic mass is 10.2. The van der Waals surface area contributed by atoms with Crippen LogP contribution >= 0.6 is 35.6 Å². The van der Waals surface area contributed by atoms with Gasteiger partial charge in [-0.05, 0) is 42.0 Å². The average Bonchev–Trinajstić information content (AvgIpc) is 2.87. The Morgan fingerprint density at radius 2 is 2.00 bits per heavy atom. The number of thiocarbonyl (C=S) groups is 1. The minimum Gasteiger partial charge on any atom is -0.457 e. The van der Waals surface area contributed by atoms with Gasteiger partial charge in [-0.15, -0.1) is 0 Å². The molecular weight excluding hydrogens is 352 g/mol.